The molecule has 2 unspecified atom stereocenters. The summed E-state index contributed by atoms with van der Waals surface area (Å²) >= 11 is 0. The minimum Gasteiger partial charge on any atom is -0.374 e. The van der Waals surface area contributed by atoms with Crippen molar-refractivity contribution in [1.29, 1.82) is 0 Å². The minimum atomic E-state index is -0.0483. The first-order valence-corrected chi connectivity index (χ1v) is 3.88. The van der Waals surface area contributed by atoms with Gasteiger partial charge in [0.05, 0.1) is 12.7 Å². The van der Waals surface area contributed by atoms with Crippen molar-refractivity contribution in [3.8, 4) is 0 Å². The Morgan fingerprint density at radius 3 is 3.10 bits per heavy atom. The molecule has 1 aliphatic heterocycles. The lowest BCUT2D eigenvalue weighted by atomic mass is 10.1. The topological polar surface area (TPSA) is 45.1 Å². The van der Waals surface area contributed by atoms with Gasteiger partial charge in [-0.25, -0.2) is 0 Å². The molecule has 2 N–H and O–H groups in total. The van der Waals surface area contributed by atoms with Gasteiger partial charge in [-0.05, 0) is 6.42 Å². The fourth-order valence-electron chi connectivity index (χ4n) is 1.11. The first-order valence-electron chi connectivity index (χ1n) is 3.88. The normalized spacial score (nSPS) is 30.0. The van der Waals surface area contributed by atoms with E-state index in [1.54, 1.807) is 0 Å². The molecule has 0 amide bonds. The molecular weight excluding hydrogens is 128 g/mol. The van der Waals surface area contributed by atoms with E-state index in [2.05, 4.69) is 5.32 Å². The van der Waals surface area contributed by atoms with E-state index in [1.807, 2.05) is 6.92 Å². The highest BCUT2D eigenvalue weighted by molar-refractivity contribution is 4.76. The van der Waals surface area contributed by atoms with Crippen LogP contribution in [0.1, 0.15) is 13.3 Å². The van der Waals surface area contributed by atoms with Crippen LogP contribution in [0.4, 0.5) is 0 Å². The van der Waals surface area contributed by atoms with E-state index in [-0.39, 0.29) is 12.1 Å². The van der Waals surface area contributed by atoms with Crippen LogP contribution in [0.15, 0.2) is 0 Å². The zero-order valence-electron chi connectivity index (χ0n) is 6.39. The summed E-state index contributed by atoms with van der Waals surface area (Å²) in [6.45, 7) is 4.57. The predicted octanol–water partition coefficient (Wildman–Crippen LogP) is 0.0363. The van der Waals surface area contributed by atoms with Gasteiger partial charge in [0.25, 0.3) is 0 Å². The summed E-state index contributed by atoms with van der Waals surface area (Å²) in [5, 5.41) is 3.21. The SMILES string of the molecule is CCC([NH])C1CNCCO1. The van der Waals surface area contributed by atoms with Crippen LogP contribution in [0.2, 0.25) is 0 Å². The molecular formula is C7H15N2O. The summed E-state index contributed by atoms with van der Waals surface area (Å²) in [5.74, 6) is 0. The van der Waals surface area contributed by atoms with Crippen LogP contribution in [-0.4, -0.2) is 31.8 Å². The van der Waals surface area contributed by atoms with Crippen molar-refractivity contribution in [1.82, 2.24) is 11.1 Å². The lowest BCUT2D eigenvalue weighted by Gasteiger charge is -2.27. The fraction of sp³-hybridized carbons (Fsp3) is 1.00. The molecule has 0 aromatic heterocycles. The third-order valence-electron chi connectivity index (χ3n) is 1.84. The van der Waals surface area contributed by atoms with Gasteiger partial charge in [0.15, 0.2) is 0 Å². The Balaban J connectivity index is 2.24. The maximum Gasteiger partial charge on any atom is 0.0866 e. The van der Waals surface area contributed by atoms with Crippen molar-refractivity contribution in [2.75, 3.05) is 19.7 Å². The molecule has 3 heteroatoms. The maximum atomic E-state index is 7.55. The third-order valence-corrected chi connectivity index (χ3v) is 1.84. The smallest absolute Gasteiger partial charge is 0.0866 e. The molecule has 0 bridgehead atoms. The lowest BCUT2D eigenvalue weighted by molar-refractivity contribution is 0.0104. The number of hydrogen-bond donors (Lipinski definition) is 1. The number of morpholine rings is 1. The second kappa shape index (κ2) is 3.91. The summed E-state index contributed by atoms with van der Waals surface area (Å²) in [5.41, 5.74) is 7.55. The molecule has 1 heterocycles. The van der Waals surface area contributed by atoms with E-state index in [0.29, 0.717) is 0 Å². The number of rotatable bonds is 2. The Bertz CT molecular complexity index is 91.6. The molecule has 10 heavy (non-hydrogen) atoms. The standard InChI is InChI=1S/C7H15N2O/c1-2-6(8)7-5-9-3-4-10-7/h6-9H,2-5H2,1H3. The maximum absolute atomic E-state index is 7.55. The van der Waals surface area contributed by atoms with E-state index in [0.717, 1.165) is 26.1 Å². The van der Waals surface area contributed by atoms with Crippen molar-refractivity contribution >= 4 is 0 Å². The van der Waals surface area contributed by atoms with Gasteiger partial charge in [0.2, 0.25) is 0 Å². The van der Waals surface area contributed by atoms with Gasteiger partial charge in [-0.15, -0.1) is 0 Å². The minimum absolute atomic E-state index is 0.0483. The van der Waals surface area contributed by atoms with E-state index >= 15 is 0 Å². The lowest BCUT2D eigenvalue weighted by Crippen LogP contribution is -2.45. The van der Waals surface area contributed by atoms with Crippen molar-refractivity contribution in [2.24, 2.45) is 0 Å². The molecule has 0 aromatic carbocycles. The second-order valence-corrected chi connectivity index (χ2v) is 2.63. The Kier molecular flexibility index (Phi) is 3.12. The van der Waals surface area contributed by atoms with Gasteiger partial charge in [0.1, 0.15) is 0 Å². The number of hydrogen-bond acceptors (Lipinski definition) is 2. The first kappa shape index (κ1) is 7.98. The Hall–Kier alpha value is -0.120. The molecule has 1 radical (unpaired) electrons. The number of nitrogens with one attached hydrogen (secondary N) is 2. The van der Waals surface area contributed by atoms with Gasteiger partial charge in [-0.1, -0.05) is 6.92 Å². The van der Waals surface area contributed by atoms with Crippen LogP contribution in [0.25, 0.3) is 0 Å². The molecule has 0 aliphatic carbocycles. The Labute approximate surface area is 61.9 Å². The highest BCUT2D eigenvalue weighted by Gasteiger charge is 2.19. The predicted molar refractivity (Wildman–Crippen MR) is 39.8 cm³/mol. The monoisotopic (exact) mass is 143 g/mol. The number of ether oxygens (including phenoxy) is 1. The van der Waals surface area contributed by atoms with Gasteiger partial charge in [-0.2, -0.15) is 0 Å². The summed E-state index contributed by atoms with van der Waals surface area (Å²) in [6, 6.07) is -0.0483. The highest BCUT2D eigenvalue weighted by atomic mass is 16.5. The fourth-order valence-corrected chi connectivity index (χ4v) is 1.11. The molecule has 0 spiro atoms. The van der Waals surface area contributed by atoms with Crippen LogP contribution in [0, 0.1) is 0 Å². The van der Waals surface area contributed by atoms with Crippen LogP contribution in [-0.2, 0) is 4.74 Å². The summed E-state index contributed by atoms with van der Waals surface area (Å²) in [7, 11) is 0. The average molecular weight is 143 g/mol. The van der Waals surface area contributed by atoms with Crippen LogP contribution in [0.5, 0.6) is 0 Å². The molecule has 1 aliphatic rings. The summed E-state index contributed by atoms with van der Waals surface area (Å²) in [4.78, 5) is 0. The molecule has 1 rings (SSSR count). The van der Waals surface area contributed by atoms with Gasteiger partial charge in [-0.3, -0.25) is 5.73 Å². The van der Waals surface area contributed by atoms with Crippen LogP contribution < -0.4 is 11.1 Å². The molecule has 0 saturated carbocycles. The van der Waals surface area contributed by atoms with Gasteiger partial charge in [0, 0.05) is 19.1 Å². The van der Waals surface area contributed by atoms with Crippen LogP contribution >= 0.6 is 0 Å². The summed E-state index contributed by atoms with van der Waals surface area (Å²) in [6.07, 6.45) is 1.01. The molecule has 1 saturated heterocycles. The molecule has 2 atom stereocenters. The highest BCUT2D eigenvalue weighted by Crippen LogP contribution is 2.03. The summed E-state index contributed by atoms with van der Waals surface area (Å²) < 4.78 is 5.38. The van der Waals surface area contributed by atoms with E-state index in [1.165, 1.54) is 0 Å². The third kappa shape index (κ3) is 1.94. The van der Waals surface area contributed by atoms with Gasteiger partial charge < -0.3 is 10.1 Å². The van der Waals surface area contributed by atoms with Gasteiger partial charge >= 0.3 is 0 Å². The largest absolute Gasteiger partial charge is 0.374 e. The van der Waals surface area contributed by atoms with E-state index in [4.69, 9.17) is 10.5 Å². The molecule has 59 valence electrons. The molecule has 1 fully saturated rings. The Morgan fingerprint density at radius 1 is 1.80 bits per heavy atom. The first-order chi connectivity index (χ1) is 4.84. The average Bonchev–Trinajstić information content (AvgIpc) is 2.05. The van der Waals surface area contributed by atoms with Crippen molar-refractivity contribution in [3.05, 3.63) is 0 Å². The zero-order valence-corrected chi connectivity index (χ0v) is 6.39. The van der Waals surface area contributed by atoms with E-state index in [9.17, 15) is 0 Å². The van der Waals surface area contributed by atoms with E-state index < -0.39 is 0 Å². The van der Waals surface area contributed by atoms with Crippen molar-refractivity contribution < 1.29 is 4.74 Å². The van der Waals surface area contributed by atoms with Crippen LogP contribution in [0.3, 0.4) is 0 Å². The molecule has 0 aromatic rings. The zero-order chi connectivity index (χ0) is 7.40. The quantitative estimate of drug-likeness (QED) is 0.593. The van der Waals surface area contributed by atoms with Crippen molar-refractivity contribution in [3.63, 3.8) is 0 Å². The van der Waals surface area contributed by atoms with Crippen molar-refractivity contribution in [2.45, 2.75) is 25.5 Å². The Morgan fingerprint density at radius 2 is 2.60 bits per heavy atom. The second-order valence-electron chi connectivity index (χ2n) is 2.63. The molecule has 3 nitrogen and oxygen atoms in total.